The van der Waals surface area contributed by atoms with Gasteiger partial charge in [-0.1, -0.05) is 0 Å². The predicted octanol–water partition coefficient (Wildman–Crippen LogP) is 0.388. The summed E-state index contributed by atoms with van der Waals surface area (Å²) in [7, 11) is 2.96. The Morgan fingerprint density at radius 2 is 1.90 bits per heavy atom. The standard InChI is InChI=1S/C11H18F3N3O3/c1-19-5-3-17(4-6-20-2)10(18)8-7-9(16-15-8)11(12,13)14/h9,16H,3-7H2,1-2H3. The number of alkyl halides is 3. The first-order valence-electron chi connectivity index (χ1n) is 6.06. The summed E-state index contributed by atoms with van der Waals surface area (Å²) in [5, 5.41) is 3.49. The van der Waals surface area contributed by atoms with E-state index in [4.69, 9.17) is 9.47 Å². The summed E-state index contributed by atoms with van der Waals surface area (Å²) in [6, 6.07) is -1.80. The van der Waals surface area contributed by atoms with Crippen molar-refractivity contribution in [2.24, 2.45) is 5.10 Å². The maximum absolute atomic E-state index is 12.5. The van der Waals surface area contributed by atoms with Crippen LogP contribution in [-0.4, -0.2) is 69.3 Å². The van der Waals surface area contributed by atoms with Gasteiger partial charge in [-0.15, -0.1) is 0 Å². The summed E-state index contributed by atoms with van der Waals surface area (Å²) >= 11 is 0. The van der Waals surface area contributed by atoms with Crippen molar-refractivity contribution < 1.29 is 27.4 Å². The highest BCUT2D eigenvalue weighted by Gasteiger charge is 2.44. The molecule has 0 aromatic heterocycles. The van der Waals surface area contributed by atoms with Gasteiger partial charge in [0.1, 0.15) is 11.8 Å². The molecule has 0 bridgehead atoms. The minimum Gasteiger partial charge on any atom is -0.383 e. The Morgan fingerprint density at radius 1 is 1.35 bits per heavy atom. The molecule has 1 heterocycles. The largest absolute Gasteiger partial charge is 0.410 e. The number of halogens is 3. The van der Waals surface area contributed by atoms with Gasteiger partial charge in [-0.05, 0) is 0 Å². The minimum atomic E-state index is -4.42. The van der Waals surface area contributed by atoms with E-state index in [0.717, 1.165) is 0 Å². The molecular formula is C11H18F3N3O3. The van der Waals surface area contributed by atoms with Crippen LogP contribution in [0.25, 0.3) is 0 Å². The van der Waals surface area contributed by atoms with Crippen molar-refractivity contribution >= 4 is 11.6 Å². The lowest BCUT2D eigenvalue weighted by atomic mass is 10.1. The molecule has 0 spiro atoms. The van der Waals surface area contributed by atoms with Crippen LogP contribution in [0.2, 0.25) is 0 Å². The Labute approximate surface area is 114 Å². The summed E-state index contributed by atoms with van der Waals surface area (Å²) in [5.41, 5.74) is 1.82. The molecule has 116 valence electrons. The molecular weight excluding hydrogens is 279 g/mol. The van der Waals surface area contributed by atoms with Gasteiger partial charge >= 0.3 is 6.18 Å². The number of hydrogen-bond donors (Lipinski definition) is 1. The first-order valence-corrected chi connectivity index (χ1v) is 6.06. The molecule has 9 heteroatoms. The number of nitrogens with one attached hydrogen (secondary N) is 1. The van der Waals surface area contributed by atoms with Crippen molar-refractivity contribution in [2.75, 3.05) is 40.5 Å². The van der Waals surface area contributed by atoms with Crippen molar-refractivity contribution in [3.05, 3.63) is 0 Å². The van der Waals surface area contributed by atoms with E-state index in [9.17, 15) is 18.0 Å². The molecule has 0 aromatic rings. The number of hydrazone groups is 1. The normalized spacial score (nSPS) is 18.6. The molecule has 0 fully saturated rings. The summed E-state index contributed by atoms with van der Waals surface area (Å²) in [6.45, 7) is 1.13. The number of rotatable bonds is 7. The van der Waals surface area contributed by atoms with E-state index in [1.165, 1.54) is 19.1 Å². The first-order chi connectivity index (χ1) is 9.40. The van der Waals surface area contributed by atoms with Crippen molar-refractivity contribution in [1.29, 1.82) is 0 Å². The van der Waals surface area contributed by atoms with Crippen LogP contribution in [0.3, 0.4) is 0 Å². The average Bonchev–Trinajstić information content (AvgIpc) is 2.87. The number of hydrogen-bond acceptors (Lipinski definition) is 5. The van der Waals surface area contributed by atoms with E-state index in [2.05, 4.69) is 5.10 Å². The van der Waals surface area contributed by atoms with Crippen molar-refractivity contribution in [3.8, 4) is 0 Å². The Kier molecular flexibility index (Phi) is 6.21. The quantitative estimate of drug-likeness (QED) is 0.738. The Bertz CT molecular complexity index is 353. The highest BCUT2D eigenvalue weighted by Crippen LogP contribution is 2.25. The SMILES string of the molecule is COCCN(CCOC)C(=O)C1=NNC(C(F)(F)F)C1. The van der Waals surface area contributed by atoms with Crippen molar-refractivity contribution in [1.82, 2.24) is 10.3 Å². The third-order valence-electron chi connectivity index (χ3n) is 2.81. The molecule has 1 N–H and O–H groups in total. The number of nitrogens with zero attached hydrogens (tertiary/aromatic N) is 2. The van der Waals surface area contributed by atoms with Gasteiger partial charge in [0.2, 0.25) is 0 Å². The smallest absolute Gasteiger partial charge is 0.383 e. The molecule has 0 aliphatic carbocycles. The van der Waals surface area contributed by atoms with Gasteiger partial charge in [-0.2, -0.15) is 18.3 Å². The highest BCUT2D eigenvalue weighted by atomic mass is 19.4. The molecule has 0 aromatic carbocycles. The zero-order valence-corrected chi connectivity index (χ0v) is 11.4. The van der Waals surface area contributed by atoms with Crippen LogP contribution in [0.1, 0.15) is 6.42 Å². The predicted molar refractivity (Wildman–Crippen MR) is 65.4 cm³/mol. The van der Waals surface area contributed by atoms with Crippen LogP contribution in [0.5, 0.6) is 0 Å². The Hall–Kier alpha value is -1.35. The number of carbonyl (C=O) groups excluding carboxylic acids is 1. The van der Waals surface area contributed by atoms with Crippen LogP contribution in [-0.2, 0) is 14.3 Å². The molecule has 6 nitrogen and oxygen atoms in total. The summed E-state index contributed by atoms with van der Waals surface area (Å²) in [4.78, 5) is 13.5. The van der Waals surface area contributed by atoms with Gasteiger partial charge < -0.3 is 14.4 Å². The lowest BCUT2D eigenvalue weighted by Gasteiger charge is -2.22. The van der Waals surface area contributed by atoms with Gasteiger partial charge in [0.25, 0.3) is 5.91 Å². The van der Waals surface area contributed by atoms with Crippen LogP contribution >= 0.6 is 0 Å². The summed E-state index contributed by atoms with van der Waals surface area (Å²) in [6.07, 6.45) is -4.88. The average molecular weight is 297 g/mol. The van der Waals surface area contributed by atoms with Crippen LogP contribution < -0.4 is 5.43 Å². The maximum atomic E-state index is 12.5. The third kappa shape index (κ3) is 4.64. The number of ether oxygens (including phenoxy) is 2. The van der Waals surface area contributed by atoms with Gasteiger partial charge in [0.15, 0.2) is 0 Å². The fourth-order valence-electron chi connectivity index (χ4n) is 1.66. The van der Waals surface area contributed by atoms with E-state index in [1.54, 1.807) is 0 Å². The van der Waals surface area contributed by atoms with Crippen LogP contribution in [0.4, 0.5) is 13.2 Å². The minimum absolute atomic E-state index is 0.125. The molecule has 0 saturated heterocycles. The molecule has 0 radical (unpaired) electrons. The molecule has 1 atom stereocenters. The van der Waals surface area contributed by atoms with E-state index in [0.29, 0.717) is 13.2 Å². The Balaban J connectivity index is 2.61. The second-order valence-corrected chi connectivity index (χ2v) is 4.26. The number of methoxy groups -OCH3 is 2. The van der Waals surface area contributed by atoms with Gasteiger partial charge in [-0.3, -0.25) is 10.2 Å². The fourth-order valence-corrected chi connectivity index (χ4v) is 1.66. The number of carbonyl (C=O) groups is 1. The maximum Gasteiger partial charge on any atom is 0.410 e. The van der Waals surface area contributed by atoms with Gasteiger partial charge in [-0.25, -0.2) is 0 Å². The van der Waals surface area contributed by atoms with E-state index in [1.807, 2.05) is 5.43 Å². The Morgan fingerprint density at radius 3 is 2.30 bits per heavy atom. The zero-order valence-electron chi connectivity index (χ0n) is 11.4. The monoisotopic (exact) mass is 297 g/mol. The second-order valence-electron chi connectivity index (χ2n) is 4.26. The summed E-state index contributed by atoms with van der Waals surface area (Å²) in [5.74, 6) is -0.529. The van der Waals surface area contributed by atoms with E-state index in [-0.39, 0.29) is 18.8 Å². The first kappa shape index (κ1) is 16.7. The van der Waals surface area contributed by atoms with Gasteiger partial charge in [0.05, 0.1) is 13.2 Å². The molecule has 1 unspecified atom stereocenters. The second kappa shape index (κ2) is 7.44. The summed E-state index contributed by atoms with van der Waals surface area (Å²) < 4.78 is 47.3. The van der Waals surface area contributed by atoms with Gasteiger partial charge in [0, 0.05) is 33.7 Å². The number of amides is 1. The zero-order chi connectivity index (χ0) is 15.2. The molecule has 20 heavy (non-hydrogen) atoms. The fraction of sp³-hybridized carbons (Fsp3) is 0.818. The lowest BCUT2D eigenvalue weighted by molar-refractivity contribution is -0.152. The third-order valence-corrected chi connectivity index (χ3v) is 2.81. The van der Waals surface area contributed by atoms with Crippen molar-refractivity contribution in [2.45, 2.75) is 18.6 Å². The van der Waals surface area contributed by atoms with E-state index < -0.39 is 24.5 Å². The molecule has 0 saturated carbocycles. The lowest BCUT2D eigenvalue weighted by Crippen LogP contribution is -2.41. The van der Waals surface area contributed by atoms with E-state index >= 15 is 0 Å². The molecule has 1 aliphatic heterocycles. The molecule has 1 amide bonds. The highest BCUT2D eigenvalue weighted by molar-refractivity contribution is 6.39. The van der Waals surface area contributed by atoms with Crippen LogP contribution in [0, 0.1) is 0 Å². The van der Waals surface area contributed by atoms with Crippen LogP contribution in [0.15, 0.2) is 5.10 Å². The molecule has 1 aliphatic rings. The molecule has 1 rings (SSSR count). The topological polar surface area (TPSA) is 63.2 Å². The van der Waals surface area contributed by atoms with Crippen molar-refractivity contribution in [3.63, 3.8) is 0 Å².